The fraction of sp³-hybridized carbons (Fsp3) is 0.500. The van der Waals surface area contributed by atoms with E-state index in [4.69, 9.17) is 34.4 Å². The van der Waals surface area contributed by atoms with Crippen molar-refractivity contribution < 1.29 is 74.0 Å². The van der Waals surface area contributed by atoms with E-state index in [1.54, 1.807) is 12.4 Å². The van der Waals surface area contributed by atoms with Gasteiger partial charge in [-0.25, -0.2) is 19.4 Å². The highest BCUT2D eigenvalue weighted by Crippen LogP contribution is 2.31. The number of hydrogen-bond donors (Lipinski definition) is 3. The van der Waals surface area contributed by atoms with Gasteiger partial charge in [0.15, 0.2) is 0 Å². The van der Waals surface area contributed by atoms with Crippen LogP contribution in [0.5, 0.6) is 0 Å². The van der Waals surface area contributed by atoms with E-state index in [9.17, 15) is 39.5 Å². The van der Waals surface area contributed by atoms with Crippen molar-refractivity contribution in [1.29, 1.82) is 0 Å². The number of anilines is 1. The SMILES string of the molecule is O=C(O)C(F)(F)F.O=C(O)C(F)(F)F.O=C(O)C(F)(F)F.c1cc(CN2CCOC3(CCCN(c4cnccn4)C3)C2)ccn1. The van der Waals surface area contributed by atoms with Crippen LogP contribution in [0.3, 0.4) is 0 Å². The number of pyridine rings is 1. The summed E-state index contributed by atoms with van der Waals surface area (Å²) in [7, 11) is 0. The van der Waals surface area contributed by atoms with Crippen molar-refractivity contribution in [2.24, 2.45) is 0 Å². The van der Waals surface area contributed by atoms with Crippen LogP contribution in [-0.4, -0.2) is 110 Å². The van der Waals surface area contributed by atoms with Crippen LogP contribution in [0.2, 0.25) is 0 Å². The summed E-state index contributed by atoms with van der Waals surface area (Å²) >= 11 is 0. The monoisotopic (exact) mass is 667 g/mol. The van der Waals surface area contributed by atoms with E-state index in [1.165, 1.54) is 5.56 Å². The van der Waals surface area contributed by atoms with Crippen molar-refractivity contribution in [2.45, 2.75) is 43.5 Å². The summed E-state index contributed by atoms with van der Waals surface area (Å²) in [5.41, 5.74) is 1.21. The highest BCUT2D eigenvalue weighted by Gasteiger charge is 2.41. The van der Waals surface area contributed by atoms with E-state index in [0.29, 0.717) is 0 Å². The van der Waals surface area contributed by atoms with Gasteiger partial charge in [-0.05, 0) is 30.5 Å². The summed E-state index contributed by atoms with van der Waals surface area (Å²) in [6.07, 6.45) is -3.97. The number of ether oxygens (including phenoxy) is 1. The first kappa shape index (κ1) is 38.8. The molecule has 1 unspecified atom stereocenters. The Morgan fingerprint density at radius 2 is 1.29 bits per heavy atom. The van der Waals surface area contributed by atoms with Crippen LogP contribution < -0.4 is 4.90 Å². The van der Waals surface area contributed by atoms with Crippen molar-refractivity contribution in [3.8, 4) is 0 Å². The molecule has 1 spiro atoms. The van der Waals surface area contributed by atoms with Crippen LogP contribution in [0.1, 0.15) is 18.4 Å². The van der Waals surface area contributed by atoms with Crippen LogP contribution in [0.4, 0.5) is 45.3 Å². The Hall–Kier alpha value is -4.27. The van der Waals surface area contributed by atoms with Crippen molar-refractivity contribution in [3.63, 3.8) is 0 Å². The molecule has 252 valence electrons. The maximum Gasteiger partial charge on any atom is 0.490 e. The Labute approximate surface area is 248 Å². The molecular formula is C24H26F9N5O7. The molecule has 2 fully saturated rings. The van der Waals surface area contributed by atoms with E-state index < -0.39 is 36.4 Å². The number of halogens is 9. The molecule has 1 atom stereocenters. The van der Waals surface area contributed by atoms with Gasteiger partial charge in [-0.15, -0.1) is 0 Å². The molecule has 0 radical (unpaired) electrons. The second-order valence-corrected chi connectivity index (χ2v) is 9.10. The predicted molar refractivity (Wildman–Crippen MR) is 133 cm³/mol. The minimum Gasteiger partial charge on any atom is -0.475 e. The number of carboxylic acid groups (broad SMARTS) is 3. The number of piperidine rings is 1. The number of morpholine rings is 1. The third-order valence-corrected chi connectivity index (χ3v) is 5.62. The molecule has 2 aliphatic rings. The van der Waals surface area contributed by atoms with Gasteiger partial charge in [-0.2, -0.15) is 39.5 Å². The number of carbonyl (C=O) groups is 3. The molecule has 0 amide bonds. The van der Waals surface area contributed by atoms with Crippen LogP contribution >= 0.6 is 0 Å². The van der Waals surface area contributed by atoms with Gasteiger partial charge in [-0.1, -0.05) is 0 Å². The summed E-state index contributed by atoms with van der Waals surface area (Å²) in [5.74, 6) is -7.32. The Bertz CT molecular complexity index is 1160. The van der Waals surface area contributed by atoms with Gasteiger partial charge in [0.1, 0.15) is 5.82 Å². The lowest BCUT2D eigenvalue weighted by Gasteiger charge is -2.48. The molecule has 21 heteroatoms. The van der Waals surface area contributed by atoms with Crippen molar-refractivity contribution >= 4 is 23.7 Å². The van der Waals surface area contributed by atoms with Gasteiger partial charge < -0.3 is 25.0 Å². The molecule has 0 saturated carbocycles. The second-order valence-electron chi connectivity index (χ2n) is 9.10. The third-order valence-electron chi connectivity index (χ3n) is 5.62. The lowest BCUT2D eigenvalue weighted by Crippen LogP contribution is -2.59. The van der Waals surface area contributed by atoms with E-state index in [0.717, 1.165) is 58.0 Å². The summed E-state index contributed by atoms with van der Waals surface area (Å²) < 4.78 is 101. The van der Waals surface area contributed by atoms with Crippen LogP contribution in [0.15, 0.2) is 43.1 Å². The Morgan fingerprint density at radius 1 is 0.778 bits per heavy atom. The van der Waals surface area contributed by atoms with Crippen LogP contribution in [0, 0.1) is 0 Å². The third kappa shape index (κ3) is 14.8. The van der Waals surface area contributed by atoms with Gasteiger partial charge in [0.2, 0.25) is 0 Å². The normalized spacial score (nSPS) is 18.6. The van der Waals surface area contributed by atoms with E-state index in [1.807, 2.05) is 18.6 Å². The van der Waals surface area contributed by atoms with Crippen LogP contribution in [-0.2, 0) is 25.7 Å². The van der Waals surface area contributed by atoms with Gasteiger partial charge in [0.05, 0.1) is 18.4 Å². The first-order valence-corrected chi connectivity index (χ1v) is 12.3. The number of carboxylic acids is 3. The molecule has 12 nitrogen and oxygen atoms in total. The molecule has 2 aromatic heterocycles. The number of aromatic nitrogens is 3. The molecule has 0 aliphatic carbocycles. The summed E-state index contributed by atoms with van der Waals surface area (Å²) in [6, 6.07) is 4.18. The second kappa shape index (κ2) is 16.7. The van der Waals surface area contributed by atoms with Gasteiger partial charge >= 0.3 is 36.4 Å². The molecule has 3 N–H and O–H groups in total. The van der Waals surface area contributed by atoms with E-state index >= 15 is 0 Å². The smallest absolute Gasteiger partial charge is 0.475 e. The number of rotatable bonds is 3. The zero-order valence-electron chi connectivity index (χ0n) is 22.8. The lowest BCUT2D eigenvalue weighted by molar-refractivity contribution is -0.193. The Kier molecular flexibility index (Phi) is 14.4. The predicted octanol–water partition coefficient (Wildman–Crippen LogP) is 3.64. The van der Waals surface area contributed by atoms with Crippen LogP contribution in [0.25, 0.3) is 0 Å². The lowest BCUT2D eigenvalue weighted by atomic mass is 9.90. The maximum atomic E-state index is 10.6. The number of hydrogen-bond acceptors (Lipinski definition) is 9. The molecule has 0 bridgehead atoms. The molecule has 0 aromatic carbocycles. The van der Waals surface area contributed by atoms with Crippen molar-refractivity contribution in [2.75, 3.05) is 37.7 Å². The van der Waals surface area contributed by atoms with Crippen molar-refractivity contribution in [1.82, 2.24) is 19.9 Å². The average Bonchev–Trinajstić information content (AvgIpc) is 2.94. The minimum atomic E-state index is -5.08. The van der Waals surface area contributed by atoms with E-state index in [-0.39, 0.29) is 5.60 Å². The van der Waals surface area contributed by atoms with E-state index in [2.05, 4.69) is 36.9 Å². The largest absolute Gasteiger partial charge is 0.490 e. The number of alkyl halides is 9. The average molecular weight is 667 g/mol. The standard InChI is InChI=1S/C18H23N5O.3C2HF3O2/c1-4-18(15-23(9-1)17-12-20-7-8-21-17)14-22(10-11-24-18)13-16-2-5-19-6-3-16;3*3-2(4,5)1(6)7/h2-3,5-8,12H,1,4,9-11,13-15H2;3*(H,6,7). The number of nitrogens with zero attached hydrogens (tertiary/aromatic N) is 5. The summed E-state index contributed by atoms with van der Waals surface area (Å²) in [4.78, 5) is 44.3. The molecule has 4 heterocycles. The fourth-order valence-corrected chi connectivity index (χ4v) is 3.80. The molecular weight excluding hydrogens is 641 g/mol. The molecule has 4 rings (SSSR count). The zero-order chi connectivity index (χ0) is 34.5. The van der Waals surface area contributed by atoms with Gasteiger partial charge in [0, 0.05) is 57.5 Å². The zero-order valence-corrected chi connectivity index (χ0v) is 22.8. The highest BCUT2D eigenvalue weighted by atomic mass is 19.4. The fourth-order valence-electron chi connectivity index (χ4n) is 3.80. The molecule has 45 heavy (non-hydrogen) atoms. The molecule has 2 saturated heterocycles. The summed E-state index contributed by atoms with van der Waals surface area (Å²) in [6.45, 7) is 5.60. The Morgan fingerprint density at radius 3 is 1.73 bits per heavy atom. The first-order chi connectivity index (χ1) is 20.7. The summed E-state index contributed by atoms with van der Waals surface area (Å²) in [5, 5.41) is 21.4. The minimum absolute atomic E-state index is 0.0962. The maximum absolute atomic E-state index is 10.6. The highest BCUT2D eigenvalue weighted by molar-refractivity contribution is 5.73. The quantitative estimate of drug-likeness (QED) is 0.408. The number of aliphatic carboxylic acids is 3. The van der Waals surface area contributed by atoms with Crippen molar-refractivity contribution in [3.05, 3.63) is 48.7 Å². The Balaban J connectivity index is 0.000000396. The van der Waals surface area contributed by atoms with Gasteiger partial charge in [0.25, 0.3) is 0 Å². The molecule has 2 aliphatic heterocycles. The first-order valence-electron chi connectivity index (χ1n) is 12.3. The topological polar surface area (TPSA) is 166 Å². The molecule has 2 aromatic rings. The van der Waals surface area contributed by atoms with Gasteiger partial charge in [-0.3, -0.25) is 14.9 Å².